The fraction of sp³-hybridized carbons (Fsp3) is 0.846. The van der Waals surface area contributed by atoms with Crippen LogP contribution in [-0.4, -0.2) is 42.8 Å². The van der Waals surface area contributed by atoms with Crippen molar-refractivity contribution in [3.63, 3.8) is 0 Å². The smallest absolute Gasteiger partial charge is 0.407 e. The van der Waals surface area contributed by atoms with E-state index in [9.17, 15) is 9.59 Å². The summed E-state index contributed by atoms with van der Waals surface area (Å²) in [7, 11) is 1.41. The predicted octanol–water partition coefficient (Wildman–Crippen LogP) is 2.05. The van der Waals surface area contributed by atoms with Crippen molar-refractivity contribution in [2.24, 2.45) is 11.8 Å². The lowest BCUT2D eigenvalue weighted by Gasteiger charge is -2.29. The maximum atomic E-state index is 11.7. The zero-order valence-electron chi connectivity index (χ0n) is 12.0. The van der Waals surface area contributed by atoms with E-state index in [0.29, 0.717) is 6.54 Å². The molecule has 0 radical (unpaired) electrons. The van der Waals surface area contributed by atoms with Crippen molar-refractivity contribution in [1.29, 1.82) is 0 Å². The Kier molecular flexibility index (Phi) is 5.97. The highest BCUT2D eigenvalue weighted by Gasteiger charge is 2.32. The lowest BCUT2D eigenvalue weighted by atomic mass is 9.91. The zero-order valence-corrected chi connectivity index (χ0v) is 12.8. The molecule has 1 heterocycles. The molecular weight excluding hydrogens is 266 g/mol. The maximum Gasteiger partial charge on any atom is 0.407 e. The number of thioether (sulfide) groups is 1. The molecule has 0 aromatic heterocycles. The van der Waals surface area contributed by atoms with Crippen LogP contribution in [0.3, 0.4) is 0 Å². The fourth-order valence-electron chi connectivity index (χ4n) is 1.99. The Morgan fingerprint density at radius 3 is 2.63 bits per heavy atom. The molecule has 5 nitrogen and oxygen atoms in total. The number of ether oxygens (including phenoxy) is 2. The Balaban J connectivity index is 2.45. The number of carbonyl (C=O) groups excluding carboxylic acids is 2. The second kappa shape index (κ2) is 7.03. The molecule has 1 rings (SSSR count). The number of hydrogen-bond donors (Lipinski definition) is 1. The summed E-state index contributed by atoms with van der Waals surface area (Å²) in [4.78, 5) is 23.3. The Hall–Kier alpha value is -0.910. The molecule has 1 amide bonds. The van der Waals surface area contributed by atoms with E-state index in [1.54, 1.807) is 11.8 Å². The maximum absolute atomic E-state index is 11.7. The summed E-state index contributed by atoms with van der Waals surface area (Å²) < 4.78 is 9.99. The topological polar surface area (TPSA) is 64.6 Å². The summed E-state index contributed by atoms with van der Waals surface area (Å²) in [6.45, 7) is 5.91. The van der Waals surface area contributed by atoms with Crippen molar-refractivity contribution in [2.75, 3.05) is 25.2 Å². The van der Waals surface area contributed by atoms with Crippen LogP contribution in [0.4, 0.5) is 4.79 Å². The van der Waals surface area contributed by atoms with Crippen LogP contribution in [0.25, 0.3) is 0 Å². The van der Waals surface area contributed by atoms with Gasteiger partial charge in [0.25, 0.3) is 0 Å². The van der Waals surface area contributed by atoms with E-state index >= 15 is 0 Å². The molecule has 0 aromatic rings. The van der Waals surface area contributed by atoms with Crippen molar-refractivity contribution < 1.29 is 19.1 Å². The third-order valence-corrected chi connectivity index (χ3v) is 4.07. The number of alkyl carbamates (subject to hydrolysis) is 1. The number of hydrogen-bond acceptors (Lipinski definition) is 5. The Bertz CT molecular complexity index is 327. The molecule has 0 saturated carbocycles. The van der Waals surface area contributed by atoms with E-state index in [2.05, 4.69) is 5.32 Å². The number of methoxy groups -OCH3 is 1. The van der Waals surface area contributed by atoms with Crippen molar-refractivity contribution in [3.05, 3.63) is 0 Å². The SMILES string of the molecule is COC(=O)[C@H]1CCSC[C@H]1CNC(=O)OC(C)(C)C. The molecule has 0 bridgehead atoms. The second-order valence-corrected chi connectivity index (χ2v) is 6.79. The molecule has 1 fully saturated rings. The van der Waals surface area contributed by atoms with Gasteiger partial charge < -0.3 is 14.8 Å². The van der Waals surface area contributed by atoms with Gasteiger partial charge in [0.15, 0.2) is 0 Å². The number of rotatable bonds is 3. The quantitative estimate of drug-likeness (QED) is 0.806. The molecule has 0 unspecified atom stereocenters. The summed E-state index contributed by atoms with van der Waals surface area (Å²) in [5, 5.41) is 2.74. The summed E-state index contributed by atoms with van der Waals surface area (Å²) in [6, 6.07) is 0. The van der Waals surface area contributed by atoms with E-state index in [1.165, 1.54) is 7.11 Å². The van der Waals surface area contributed by atoms with Gasteiger partial charge in [0.05, 0.1) is 13.0 Å². The van der Waals surface area contributed by atoms with E-state index in [-0.39, 0.29) is 17.8 Å². The first-order valence-electron chi connectivity index (χ1n) is 6.46. The Morgan fingerprint density at radius 2 is 2.05 bits per heavy atom. The van der Waals surface area contributed by atoms with Gasteiger partial charge in [-0.3, -0.25) is 4.79 Å². The minimum absolute atomic E-state index is 0.110. The van der Waals surface area contributed by atoms with Crippen LogP contribution < -0.4 is 5.32 Å². The van der Waals surface area contributed by atoms with Gasteiger partial charge in [0, 0.05) is 6.54 Å². The molecule has 19 heavy (non-hydrogen) atoms. The van der Waals surface area contributed by atoms with E-state index < -0.39 is 11.7 Å². The second-order valence-electron chi connectivity index (χ2n) is 5.64. The highest BCUT2D eigenvalue weighted by Crippen LogP contribution is 2.29. The van der Waals surface area contributed by atoms with Gasteiger partial charge in [-0.2, -0.15) is 11.8 Å². The van der Waals surface area contributed by atoms with Gasteiger partial charge in [0.1, 0.15) is 5.60 Å². The Labute approximate surface area is 118 Å². The van der Waals surface area contributed by atoms with Crippen molar-refractivity contribution in [2.45, 2.75) is 32.8 Å². The van der Waals surface area contributed by atoms with Gasteiger partial charge >= 0.3 is 12.1 Å². The molecule has 2 atom stereocenters. The van der Waals surface area contributed by atoms with Crippen molar-refractivity contribution in [3.8, 4) is 0 Å². The summed E-state index contributed by atoms with van der Waals surface area (Å²) in [6.07, 6.45) is 0.365. The van der Waals surface area contributed by atoms with Crippen LogP contribution in [0.5, 0.6) is 0 Å². The van der Waals surface area contributed by atoms with E-state index in [1.807, 2.05) is 20.8 Å². The van der Waals surface area contributed by atoms with E-state index in [4.69, 9.17) is 9.47 Å². The third kappa shape index (κ3) is 5.72. The van der Waals surface area contributed by atoms with Crippen LogP contribution in [0.1, 0.15) is 27.2 Å². The van der Waals surface area contributed by atoms with Crippen LogP contribution in [-0.2, 0) is 14.3 Å². The number of carbonyl (C=O) groups is 2. The normalized spacial score (nSPS) is 23.6. The number of esters is 1. The predicted molar refractivity (Wildman–Crippen MR) is 75.2 cm³/mol. The molecule has 110 valence electrons. The van der Waals surface area contributed by atoms with Gasteiger partial charge in [0.2, 0.25) is 0 Å². The monoisotopic (exact) mass is 289 g/mol. The lowest BCUT2D eigenvalue weighted by molar-refractivity contribution is -0.147. The van der Waals surface area contributed by atoms with E-state index in [0.717, 1.165) is 17.9 Å². The van der Waals surface area contributed by atoms with Crippen molar-refractivity contribution in [1.82, 2.24) is 5.32 Å². The first-order chi connectivity index (χ1) is 8.83. The van der Waals surface area contributed by atoms with Crippen molar-refractivity contribution >= 4 is 23.8 Å². The van der Waals surface area contributed by atoms with Crippen LogP contribution >= 0.6 is 11.8 Å². The zero-order chi connectivity index (χ0) is 14.5. The average Bonchev–Trinajstić information content (AvgIpc) is 2.33. The minimum Gasteiger partial charge on any atom is -0.469 e. The fourth-order valence-corrected chi connectivity index (χ4v) is 3.23. The molecule has 0 spiro atoms. The minimum atomic E-state index is -0.507. The van der Waals surface area contributed by atoms with Crippen LogP contribution in [0.15, 0.2) is 0 Å². The standard InChI is InChI=1S/C13H23NO4S/c1-13(2,3)18-12(16)14-7-9-8-19-6-5-10(9)11(15)17-4/h9-10H,5-8H2,1-4H3,(H,14,16)/t9-,10+/m1/s1. The van der Waals surface area contributed by atoms with Gasteiger partial charge in [-0.1, -0.05) is 0 Å². The average molecular weight is 289 g/mol. The summed E-state index contributed by atoms with van der Waals surface area (Å²) >= 11 is 1.80. The summed E-state index contributed by atoms with van der Waals surface area (Å²) in [5.74, 6) is 1.62. The molecule has 1 aliphatic heterocycles. The molecule has 1 N–H and O–H groups in total. The molecule has 0 aromatic carbocycles. The molecule has 0 aliphatic carbocycles. The summed E-state index contributed by atoms with van der Waals surface area (Å²) in [5.41, 5.74) is -0.507. The molecular formula is C13H23NO4S. The highest BCUT2D eigenvalue weighted by atomic mass is 32.2. The number of amides is 1. The van der Waals surface area contributed by atoms with Gasteiger partial charge in [-0.25, -0.2) is 4.79 Å². The van der Waals surface area contributed by atoms with Gasteiger partial charge in [-0.05, 0) is 44.6 Å². The van der Waals surface area contributed by atoms with Crippen LogP contribution in [0, 0.1) is 11.8 Å². The first kappa shape index (κ1) is 16.1. The van der Waals surface area contributed by atoms with Gasteiger partial charge in [-0.15, -0.1) is 0 Å². The first-order valence-corrected chi connectivity index (χ1v) is 7.61. The molecule has 1 aliphatic rings. The van der Waals surface area contributed by atoms with Crippen LogP contribution in [0.2, 0.25) is 0 Å². The third-order valence-electron chi connectivity index (χ3n) is 2.89. The lowest BCUT2D eigenvalue weighted by Crippen LogP contribution is -2.41. The molecule has 1 saturated heterocycles. The highest BCUT2D eigenvalue weighted by molar-refractivity contribution is 7.99. The Morgan fingerprint density at radius 1 is 1.37 bits per heavy atom. The number of nitrogens with one attached hydrogen (secondary N) is 1. The molecule has 6 heteroatoms. The largest absolute Gasteiger partial charge is 0.469 e.